The van der Waals surface area contributed by atoms with Crippen molar-refractivity contribution < 1.29 is 4.39 Å². The molecule has 2 aromatic carbocycles. The number of halogens is 1. The van der Waals surface area contributed by atoms with E-state index in [1.165, 1.54) is 29.5 Å². The van der Waals surface area contributed by atoms with Gasteiger partial charge in [0, 0.05) is 11.3 Å². The van der Waals surface area contributed by atoms with E-state index < -0.39 is 0 Å². The van der Waals surface area contributed by atoms with E-state index in [2.05, 4.69) is 54.3 Å². The van der Waals surface area contributed by atoms with Crippen molar-refractivity contribution in [3.05, 3.63) is 65.5 Å². The van der Waals surface area contributed by atoms with Crippen molar-refractivity contribution in [3.8, 4) is 17.3 Å². The van der Waals surface area contributed by atoms with Crippen LogP contribution in [0.25, 0.3) is 11.3 Å². The summed E-state index contributed by atoms with van der Waals surface area (Å²) in [5, 5.41) is 13.4. The number of anilines is 2. The second-order valence-electron chi connectivity index (χ2n) is 7.36. The summed E-state index contributed by atoms with van der Waals surface area (Å²) in [6.45, 7) is 6.46. The lowest BCUT2D eigenvalue weighted by Gasteiger charge is -2.19. The first-order valence-electron chi connectivity index (χ1n) is 8.81. The highest BCUT2D eigenvalue weighted by Crippen LogP contribution is 2.31. The van der Waals surface area contributed by atoms with Crippen molar-refractivity contribution in [2.45, 2.75) is 31.3 Å². The molecule has 0 aliphatic rings. The van der Waals surface area contributed by atoms with E-state index in [9.17, 15) is 9.65 Å². The van der Waals surface area contributed by atoms with E-state index in [0.29, 0.717) is 27.9 Å². The highest BCUT2D eigenvalue weighted by molar-refractivity contribution is 7.98. The smallest absolute Gasteiger partial charge is 0.189 e. The van der Waals surface area contributed by atoms with E-state index in [1.807, 2.05) is 18.4 Å². The van der Waals surface area contributed by atoms with Crippen LogP contribution in [0.15, 0.2) is 53.7 Å². The predicted molar refractivity (Wildman–Crippen MR) is 112 cm³/mol. The first kappa shape index (κ1) is 19.8. The molecule has 0 saturated carbocycles. The number of aromatic nitrogens is 2. The van der Waals surface area contributed by atoms with Gasteiger partial charge in [0.2, 0.25) is 0 Å². The Balaban J connectivity index is 2.09. The minimum absolute atomic E-state index is 0.0385. The molecule has 0 aliphatic carbocycles. The van der Waals surface area contributed by atoms with Gasteiger partial charge in [0.05, 0.1) is 5.69 Å². The largest absolute Gasteiger partial charge is 0.339 e. The molecule has 0 unspecified atom stereocenters. The van der Waals surface area contributed by atoms with Crippen LogP contribution in [0.5, 0.6) is 0 Å². The molecular weight excluding hydrogens is 371 g/mol. The van der Waals surface area contributed by atoms with Gasteiger partial charge in [0.1, 0.15) is 17.4 Å². The van der Waals surface area contributed by atoms with E-state index in [1.54, 1.807) is 12.1 Å². The van der Waals surface area contributed by atoms with E-state index in [-0.39, 0.29) is 11.2 Å². The molecule has 3 rings (SSSR count). The Hall–Kier alpha value is -2.91. The first-order valence-corrected chi connectivity index (χ1v) is 10.0. The van der Waals surface area contributed by atoms with Gasteiger partial charge < -0.3 is 5.32 Å². The van der Waals surface area contributed by atoms with E-state index in [0.717, 1.165) is 5.56 Å². The van der Waals surface area contributed by atoms with Crippen LogP contribution in [-0.2, 0) is 5.41 Å². The summed E-state index contributed by atoms with van der Waals surface area (Å²) < 4.78 is 13.5. The standard InChI is InChI=1S/C22H21FN4S/c1-22(2,3)15-10-8-14(9-11-15)19-18(13-24)20(27-21(26-19)28-4)25-17-7-5-6-16(23)12-17/h5-12H,1-4H3,(H,25,26,27). The third kappa shape index (κ3) is 4.32. The zero-order valence-electron chi connectivity index (χ0n) is 16.2. The van der Waals surface area contributed by atoms with Crippen molar-refractivity contribution in [2.75, 3.05) is 11.6 Å². The second kappa shape index (κ2) is 7.99. The average molecular weight is 393 g/mol. The number of rotatable bonds is 4. The molecular formula is C22H21FN4S. The monoisotopic (exact) mass is 392 g/mol. The van der Waals surface area contributed by atoms with Gasteiger partial charge >= 0.3 is 0 Å². The molecule has 0 atom stereocenters. The molecule has 1 aromatic heterocycles. The van der Waals surface area contributed by atoms with Crippen molar-refractivity contribution >= 4 is 23.3 Å². The van der Waals surface area contributed by atoms with E-state index >= 15 is 0 Å². The summed E-state index contributed by atoms with van der Waals surface area (Å²) in [6, 6.07) is 16.3. The van der Waals surface area contributed by atoms with Crippen molar-refractivity contribution in [2.24, 2.45) is 0 Å². The third-order valence-electron chi connectivity index (χ3n) is 4.29. The topological polar surface area (TPSA) is 61.6 Å². The molecule has 0 saturated heterocycles. The van der Waals surface area contributed by atoms with Crippen molar-refractivity contribution in [1.29, 1.82) is 5.26 Å². The summed E-state index contributed by atoms with van der Waals surface area (Å²) in [5.74, 6) is 0.00277. The van der Waals surface area contributed by atoms with Gasteiger partial charge in [-0.15, -0.1) is 0 Å². The number of benzene rings is 2. The van der Waals surface area contributed by atoms with Crippen LogP contribution in [0, 0.1) is 17.1 Å². The molecule has 0 amide bonds. The molecule has 0 fully saturated rings. The number of nitrogens with one attached hydrogen (secondary N) is 1. The highest BCUT2D eigenvalue weighted by atomic mass is 32.2. The maximum Gasteiger partial charge on any atom is 0.189 e. The van der Waals surface area contributed by atoms with Crippen LogP contribution >= 0.6 is 11.8 Å². The Bertz CT molecular complexity index is 1030. The summed E-state index contributed by atoms with van der Waals surface area (Å²) in [5.41, 5.74) is 3.48. The molecule has 6 heteroatoms. The molecule has 3 aromatic rings. The first-order chi connectivity index (χ1) is 13.3. The number of thioether (sulfide) groups is 1. The summed E-state index contributed by atoms with van der Waals surface area (Å²) in [7, 11) is 0. The zero-order valence-corrected chi connectivity index (χ0v) is 17.1. The Morgan fingerprint density at radius 3 is 2.36 bits per heavy atom. The van der Waals surface area contributed by atoms with Crippen molar-refractivity contribution in [3.63, 3.8) is 0 Å². The Morgan fingerprint density at radius 2 is 1.79 bits per heavy atom. The van der Waals surface area contributed by atoms with Gasteiger partial charge in [-0.1, -0.05) is 62.9 Å². The fourth-order valence-corrected chi connectivity index (χ4v) is 3.13. The fraction of sp³-hybridized carbons (Fsp3) is 0.227. The van der Waals surface area contributed by atoms with Gasteiger partial charge in [-0.2, -0.15) is 5.26 Å². The zero-order chi connectivity index (χ0) is 20.3. The lowest BCUT2D eigenvalue weighted by molar-refractivity contribution is 0.590. The molecule has 4 nitrogen and oxygen atoms in total. The normalized spacial score (nSPS) is 11.1. The molecule has 28 heavy (non-hydrogen) atoms. The van der Waals surface area contributed by atoms with Crippen LogP contribution in [-0.4, -0.2) is 16.2 Å². The minimum atomic E-state index is -0.361. The highest BCUT2D eigenvalue weighted by Gasteiger charge is 2.18. The van der Waals surface area contributed by atoms with Crippen molar-refractivity contribution in [1.82, 2.24) is 9.97 Å². The number of hydrogen-bond donors (Lipinski definition) is 1. The van der Waals surface area contributed by atoms with Gasteiger partial charge in [-0.25, -0.2) is 14.4 Å². The molecule has 0 aliphatic heterocycles. The number of hydrogen-bond acceptors (Lipinski definition) is 5. The van der Waals surface area contributed by atoms with Crippen LogP contribution < -0.4 is 5.32 Å². The van der Waals surface area contributed by atoms with Crippen LogP contribution in [0.4, 0.5) is 15.9 Å². The summed E-state index contributed by atoms with van der Waals surface area (Å²) in [4.78, 5) is 8.98. The van der Waals surface area contributed by atoms with Crippen LogP contribution in [0.1, 0.15) is 31.9 Å². The predicted octanol–water partition coefficient (Wildman–Crippen LogP) is 5.92. The number of nitriles is 1. The quantitative estimate of drug-likeness (QED) is 0.441. The maximum atomic E-state index is 13.5. The molecule has 0 spiro atoms. The lowest BCUT2D eigenvalue weighted by atomic mass is 9.86. The van der Waals surface area contributed by atoms with Crippen LogP contribution in [0.2, 0.25) is 0 Å². The van der Waals surface area contributed by atoms with Gasteiger partial charge in [-0.05, 0) is 35.4 Å². The Kier molecular flexibility index (Phi) is 5.66. The minimum Gasteiger partial charge on any atom is -0.339 e. The maximum absolute atomic E-state index is 13.5. The Morgan fingerprint density at radius 1 is 1.07 bits per heavy atom. The third-order valence-corrected chi connectivity index (χ3v) is 4.84. The lowest BCUT2D eigenvalue weighted by Crippen LogP contribution is -2.10. The SMILES string of the molecule is CSc1nc(Nc2cccc(F)c2)c(C#N)c(-c2ccc(C(C)(C)C)cc2)n1. The molecule has 142 valence electrons. The second-order valence-corrected chi connectivity index (χ2v) is 8.13. The summed E-state index contributed by atoms with van der Waals surface area (Å²) in [6.07, 6.45) is 1.87. The Labute approximate surface area is 168 Å². The molecule has 0 radical (unpaired) electrons. The van der Waals surface area contributed by atoms with Gasteiger partial charge in [0.15, 0.2) is 11.0 Å². The van der Waals surface area contributed by atoms with Gasteiger partial charge in [0.25, 0.3) is 0 Å². The van der Waals surface area contributed by atoms with Crippen LogP contribution in [0.3, 0.4) is 0 Å². The number of nitrogens with zero attached hydrogens (tertiary/aromatic N) is 3. The molecule has 1 heterocycles. The molecule has 1 N–H and O–H groups in total. The summed E-state index contributed by atoms with van der Waals surface area (Å²) >= 11 is 1.39. The average Bonchev–Trinajstić information content (AvgIpc) is 2.67. The fourth-order valence-electron chi connectivity index (χ4n) is 2.77. The van der Waals surface area contributed by atoms with Gasteiger partial charge in [-0.3, -0.25) is 0 Å². The molecule has 0 bridgehead atoms. The van der Waals surface area contributed by atoms with E-state index in [4.69, 9.17) is 0 Å².